The maximum absolute atomic E-state index is 12.0. The maximum atomic E-state index is 12.0. The second kappa shape index (κ2) is 7.36. The van der Waals surface area contributed by atoms with Gasteiger partial charge >= 0.3 is 0 Å². The third-order valence-corrected chi connectivity index (χ3v) is 11.2. The average Bonchev–Trinajstić information content (AvgIpc) is 3.40. The van der Waals surface area contributed by atoms with Gasteiger partial charge in [-0.2, -0.15) is 0 Å². The van der Waals surface area contributed by atoms with Crippen molar-refractivity contribution in [2.75, 3.05) is 20.2 Å². The van der Waals surface area contributed by atoms with E-state index in [9.17, 15) is 10.2 Å². The molecule has 7 rings (SSSR count). The fourth-order valence-electron chi connectivity index (χ4n) is 8.04. The fraction of sp³-hybridized carbons (Fsp3) is 0.630. The number of likely N-dealkylation sites (tertiary alicyclic amines) is 1. The topological polar surface area (TPSA) is 62.2 Å². The van der Waals surface area contributed by atoms with Crippen LogP contribution in [-0.2, 0) is 22.2 Å². The Morgan fingerprint density at radius 3 is 2.82 bits per heavy atom. The zero-order valence-electron chi connectivity index (χ0n) is 19.7. The van der Waals surface area contributed by atoms with Crippen molar-refractivity contribution < 1.29 is 19.7 Å². The van der Waals surface area contributed by atoms with E-state index in [0.717, 1.165) is 36.6 Å². The molecule has 2 aliphatic heterocycles. The number of halogens is 1. The van der Waals surface area contributed by atoms with E-state index < -0.39 is 5.60 Å². The summed E-state index contributed by atoms with van der Waals surface area (Å²) in [5.74, 6) is 1.92. The molecule has 7 atom stereocenters. The van der Waals surface area contributed by atoms with E-state index in [2.05, 4.69) is 11.0 Å². The van der Waals surface area contributed by atoms with Crippen LogP contribution in [0.1, 0.15) is 48.6 Å². The van der Waals surface area contributed by atoms with Gasteiger partial charge < -0.3 is 19.7 Å². The molecule has 2 unspecified atom stereocenters. The molecular formula is C27H32ClNO4S. The van der Waals surface area contributed by atoms with Crippen LogP contribution in [0.3, 0.4) is 0 Å². The van der Waals surface area contributed by atoms with E-state index in [0.29, 0.717) is 22.0 Å². The standard InChI is InChI=1S/C27H32ClNO4S/c1-26(31,20-7-8-21(28)34-20)17-12-16-18-11-15-5-6-19(30)24-22(15)27(16,25(33-24)23(17)32-2)9-10-29(18)13-14-3-4-14/h5-8,14,16-18,23,25,30-31H,3-4,9-13H2,1-2H3/t16?,17-,18+,23?,25-,26-,27-/m0/s1. The van der Waals surface area contributed by atoms with Crippen molar-refractivity contribution >= 4 is 22.9 Å². The zero-order chi connectivity index (χ0) is 23.4. The van der Waals surface area contributed by atoms with Crippen LogP contribution in [0.4, 0.5) is 0 Å². The highest BCUT2D eigenvalue weighted by Gasteiger charge is 2.69. The van der Waals surface area contributed by atoms with E-state index in [1.54, 1.807) is 13.2 Å². The number of thiophene rings is 1. The summed E-state index contributed by atoms with van der Waals surface area (Å²) in [5.41, 5.74) is 1.29. The molecule has 3 fully saturated rings. The Bertz CT molecular complexity index is 1150. The lowest BCUT2D eigenvalue weighted by Gasteiger charge is -2.62. The van der Waals surface area contributed by atoms with E-state index in [1.165, 1.54) is 41.9 Å². The van der Waals surface area contributed by atoms with Crippen molar-refractivity contribution in [2.45, 2.75) is 68.3 Å². The molecule has 7 heteroatoms. The first-order valence-electron chi connectivity index (χ1n) is 12.6. The number of hydrogen-bond donors (Lipinski definition) is 2. The number of aromatic hydroxyl groups is 1. The summed E-state index contributed by atoms with van der Waals surface area (Å²) in [5, 5.41) is 22.8. The molecule has 0 amide bonds. The van der Waals surface area contributed by atoms with E-state index >= 15 is 0 Å². The molecule has 2 aromatic rings. The Labute approximate surface area is 209 Å². The van der Waals surface area contributed by atoms with Crippen molar-refractivity contribution in [1.29, 1.82) is 0 Å². The summed E-state index contributed by atoms with van der Waals surface area (Å²) in [6.45, 7) is 4.15. The molecule has 3 heterocycles. The van der Waals surface area contributed by atoms with Crippen LogP contribution in [-0.4, -0.2) is 53.6 Å². The Morgan fingerprint density at radius 2 is 2.12 bits per heavy atom. The van der Waals surface area contributed by atoms with Gasteiger partial charge in [-0.3, -0.25) is 4.90 Å². The van der Waals surface area contributed by atoms with Crippen LogP contribution in [0, 0.1) is 17.8 Å². The van der Waals surface area contributed by atoms with Crippen molar-refractivity contribution in [3.63, 3.8) is 0 Å². The normalized spacial score (nSPS) is 37.7. The first-order valence-corrected chi connectivity index (χ1v) is 13.8. The Morgan fingerprint density at radius 1 is 1.29 bits per heavy atom. The average molecular weight is 502 g/mol. The first kappa shape index (κ1) is 21.9. The Hall–Kier alpha value is -1.31. The lowest BCUT2D eigenvalue weighted by molar-refractivity contribution is -0.185. The second-order valence-electron chi connectivity index (χ2n) is 11.4. The van der Waals surface area contributed by atoms with Gasteiger partial charge in [0.05, 0.1) is 4.34 Å². The minimum atomic E-state index is -1.09. The predicted octanol–water partition coefficient (Wildman–Crippen LogP) is 4.71. The van der Waals surface area contributed by atoms with Crippen LogP contribution in [0.15, 0.2) is 24.3 Å². The van der Waals surface area contributed by atoms with Crippen LogP contribution < -0.4 is 4.74 Å². The van der Waals surface area contributed by atoms with Crippen LogP contribution in [0.25, 0.3) is 0 Å². The van der Waals surface area contributed by atoms with Gasteiger partial charge in [-0.25, -0.2) is 0 Å². The van der Waals surface area contributed by atoms with Crippen molar-refractivity contribution in [3.05, 3.63) is 44.6 Å². The molecule has 1 spiro atoms. The molecule has 3 aliphatic carbocycles. The number of piperidine rings is 1. The van der Waals surface area contributed by atoms with Gasteiger partial charge in [-0.15, -0.1) is 11.3 Å². The van der Waals surface area contributed by atoms with Gasteiger partial charge in [0.2, 0.25) is 0 Å². The molecule has 1 aromatic heterocycles. The number of ether oxygens (including phenoxy) is 2. The second-order valence-corrected chi connectivity index (χ2v) is 13.1. The van der Waals surface area contributed by atoms with Crippen molar-refractivity contribution in [2.24, 2.45) is 17.8 Å². The number of rotatable bonds is 5. The minimum Gasteiger partial charge on any atom is -0.504 e. The van der Waals surface area contributed by atoms with E-state index in [4.69, 9.17) is 21.1 Å². The zero-order valence-corrected chi connectivity index (χ0v) is 21.2. The van der Waals surface area contributed by atoms with Crippen LogP contribution in [0.5, 0.6) is 11.5 Å². The molecule has 2 N–H and O–H groups in total. The third kappa shape index (κ3) is 2.83. The Balaban J connectivity index is 1.37. The first-order chi connectivity index (χ1) is 16.3. The number of methoxy groups -OCH3 is 1. The molecule has 0 radical (unpaired) electrons. The summed E-state index contributed by atoms with van der Waals surface area (Å²) in [4.78, 5) is 3.61. The number of benzene rings is 1. The molecule has 5 nitrogen and oxygen atoms in total. The van der Waals surface area contributed by atoms with Gasteiger partial charge in [0.25, 0.3) is 0 Å². The lowest BCUT2D eigenvalue weighted by atomic mass is 9.48. The maximum Gasteiger partial charge on any atom is 0.165 e. The quantitative estimate of drug-likeness (QED) is 0.621. The molecular weight excluding hydrogens is 470 g/mol. The number of phenols is 1. The van der Waals surface area contributed by atoms with Crippen molar-refractivity contribution in [3.8, 4) is 11.5 Å². The number of phenolic OH excluding ortho intramolecular Hbond substituents is 1. The SMILES string of the molecule is COC1[C@@H]([C@](C)(O)c2ccc(Cl)s2)CC2[C@H]3Cc4ccc(O)c5c4[C@@]2(CCN3CC2CC2)[C@H]1O5. The van der Waals surface area contributed by atoms with E-state index in [1.807, 2.05) is 19.1 Å². The molecule has 1 saturated heterocycles. The predicted molar refractivity (Wildman–Crippen MR) is 132 cm³/mol. The van der Waals surface area contributed by atoms with Crippen LogP contribution in [0.2, 0.25) is 4.34 Å². The molecule has 182 valence electrons. The van der Waals surface area contributed by atoms with Crippen molar-refractivity contribution in [1.82, 2.24) is 4.90 Å². The lowest BCUT2D eigenvalue weighted by Crippen LogP contribution is -2.70. The monoisotopic (exact) mass is 501 g/mol. The van der Waals surface area contributed by atoms with Crippen LogP contribution >= 0.6 is 22.9 Å². The van der Waals surface area contributed by atoms with Gasteiger partial charge in [0.15, 0.2) is 11.5 Å². The summed E-state index contributed by atoms with van der Waals surface area (Å²) in [6, 6.07) is 8.14. The molecule has 2 bridgehead atoms. The third-order valence-electron chi connectivity index (χ3n) is 9.74. The molecule has 34 heavy (non-hydrogen) atoms. The highest BCUT2D eigenvalue weighted by atomic mass is 35.5. The summed E-state index contributed by atoms with van der Waals surface area (Å²) >= 11 is 7.72. The molecule has 1 aromatic carbocycles. The van der Waals surface area contributed by atoms with Gasteiger partial charge in [0, 0.05) is 41.5 Å². The number of hydrogen-bond acceptors (Lipinski definition) is 6. The summed E-state index contributed by atoms with van der Waals surface area (Å²) < 4.78 is 13.6. The molecule has 2 saturated carbocycles. The summed E-state index contributed by atoms with van der Waals surface area (Å²) in [6.07, 6.45) is 5.03. The van der Waals surface area contributed by atoms with Gasteiger partial charge in [0.1, 0.15) is 17.8 Å². The minimum absolute atomic E-state index is 0.142. The fourth-order valence-corrected chi connectivity index (χ4v) is 9.19. The summed E-state index contributed by atoms with van der Waals surface area (Å²) in [7, 11) is 1.74. The molecule has 5 aliphatic rings. The largest absolute Gasteiger partial charge is 0.504 e. The number of nitrogens with zero attached hydrogens (tertiary/aromatic N) is 1. The number of aliphatic hydroxyl groups is 1. The Kier molecular flexibility index (Phi) is 4.75. The highest BCUT2D eigenvalue weighted by Crippen LogP contribution is 2.66. The van der Waals surface area contributed by atoms with E-state index in [-0.39, 0.29) is 29.3 Å². The smallest absolute Gasteiger partial charge is 0.165 e. The highest BCUT2D eigenvalue weighted by molar-refractivity contribution is 7.16. The van der Waals surface area contributed by atoms with Gasteiger partial charge in [-0.05, 0) is 81.2 Å². The van der Waals surface area contributed by atoms with Gasteiger partial charge in [-0.1, -0.05) is 17.7 Å².